The highest BCUT2D eigenvalue weighted by Gasteiger charge is 2.21. The van der Waals surface area contributed by atoms with Crippen molar-refractivity contribution in [1.82, 2.24) is 18.7 Å². The molecule has 0 saturated heterocycles. The summed E-state index contributed by atoms with van der Waals surface area (Å²) in [4.78, 5) is 30.7. The second kappa shape index (κ2) is 6.67. The van der Waals surface area contributed by atoms with E-state index in [0.717, 1.165) is 4.31 Å². The van der Waals surface area contributed by atoms with Crippen LogP contribution in [0.15, 0.2) is 27.9 Å². The number of nitrogens with one attached hydrogen (secondary N) is 1. The number of hydrogen-bond donors (Lipinski definition) is 1. The van der Waals surface area contributed by atoms with Gasteiger partial charge in [0.05, 0.1) is 28.2 Å². The molecule has 0 radical (unpaired) electrons. The van der Waals surface area contributed by atoms with Gasteiger partial charge in [-0.05, 0) is 32.0 Å². The SMILES string of the molecule is CCOC(=O)Oc1nc2c(=O)[nH]c3cc(S(=O)(=O)N(C)C)ccc3n2c1C. The van der Waals surface area contributed by atoms with E-state index in [1.807, 2.05) is 0 Å². The van der Waals surface area contributed by atoms with Crippen LogP contribution in [0.2, 0.25) is 0 Å². The predicted octanol–water partition coefficient (Wildman–Crippen LogP) is 1.27. The first kappa shape index (κ1) is 18.9. The highest BCUT2D eigenvalue weighted by Crippen LogP contribution is 2.24. The highest BCUT2D eigenvalue weighted by molar-refractivity contribution is 7.89. The van der Waals surface area contributed by atoms with E-state index in [-0.39, 0.29) is 23.0 Å². The van der Waals surface area contributed by atoms with Crippen LogP contribution in [0.25, 0.3) is 16.7 Å². The summed E-state index contributed by atoms with van der Waals surface area (Å²) in [6.45, 7) is 3.39. The van der Waals surface area contributed by atoms with E-state index >= 15 is 0 Å². The van der Waals surface area contributed by atoms with Crippen molar-refractivity contribution in [1.29, 1.82) is 0 Å². The van der Waals surface area contributed by atoms with Gasteiger partial charge in [-0.3, -0.25) is 9.20 Å². The van der Waals surface area contributed by atoms with Crippen molar-refractivity contribution >= 4 is 32.9 Å². The summed E-state index contributed by atoms with van der Waals surface area (Å²) in [6, 6.07) is 4.36. The van der Waals surface area contributed by atoms with E-state index in [2.05, 4.69) is 9.97 Å². The van der Waals surface area contributed by atoms with Gasteiger partial charge >= 0.3 is 6.16 Å². The molecule has 0 atom stereocenters. The number of fused-ring (bicyclic) bond motifs is 3. The molecular formula is C16H18N4O6S. The van der Waals surface area contributed by atoms with Gasteiger partial charge in [-0.15, -0.1) is 0 Å². The Labute approximate surface area is 154 Å². The van der Waals surface area contributed by atoms with Gasteiger partial charge in [0.2, 0.25) is 21.6 Å². The molecule has 144 valence electrons. The molecular weight excluding hydrogens is 376 g/mol. The van der Waals surface area contributed by atoms with Gasteiger partial charge in [-0.1, -0.05) is 0 Å². The number of sulfonamides is 1. The molecule has 11 heteroatoms. The van der Waals surface area contributed by atoms with Crippen LogP contribution >= 0.6 is 0 Å². The van der Waals surface area contributed by atoms with E-state index in [0.29, 0.717) is 16.7 Å². The third-order valence-corrected chi connectivity index (χ3v) is 5.76. The number of carbonyl (C=O) groups excluding carboxylic acids is 1. The van der Waals surface area contributed by atoms with Gasteiger partial charge < -0.3 is 14.5 Å². The second-order valence-corrected chi connectivity index (χ2v) is 8.02. The highest BCUT2D eigenvalue weighted by atomic mass is 32.2. The molecule has 3 aromatic rings. The van der Waals surface area contributed by atoms with Crippen LogP contribution in [0.5, 0.6) is 5.88 Å². The molecule has 27 heavy (non-hydrogen) atoms. The second-order valence-electron chi connectivity index (χ2n) is 5.87. The molecule has 0 bridgehead atoms. The average Bonchev–Trinajstić information content (AvgIpc) is 2.92. The average molecular weight is 394 g/mol. The Morgan fingerprint density at radius 1 is 1.33 bits per heavy atom. The summed E-state index contributed by atoms with van der Waals surface area (Å²) in [5, 5.41) is 0. The van der Waals surface area contributed by atoms with Crippen molar-refractivity contribution in [2.45, 2.75) is 18.7 Å². The van der Waals surface area contributed by atoms with E-state index in [1.54, 1.807) is 19.9 Å². The summed E-state index contributed by atoms with van der Waals surface area (Å²) in [5.41, 5.74) is 0.674. The number of rotatable bonds is 4. The quantitative estimate of drug-likeness (QED) is 0.661. The zero-order valence-electron chi connectivity index (χ0n) is 15.1. The molecule has 0 amide bonds. The first-order chi connectivity index (χ1) is 12.7. The molecule has 10 nitrogen and oxygen atoms in total. The van der Waals surface area contributed by atoms with Crippen LogP contribution in [-0.2, 0) is 14.8 Å². The lowest BCUT2D eigenvalue weighted by molar-refractivity contribution is 0.102. The number of hydrogen-bond acceptors (Lipinski definition) is 7. The summed E-state index contributed by atoms with van der Waals surface area (Å²) in [7, 11) is -0.819. The number of H-pyrrole nitrogens is 1. The topological polar surface area (TPSA) is 123 Å². The van der Waals surface area contributed by atoms with Gasteiger partial charge in [0.25, 0.3) is 5.56 Å². The van der Waals surface area contributed by atoms with Crippen molar-refractivity contribution in [2.75, 3.05) is 20.7 Å². The first-order valence-corrected chi connectivity index (χ1v) is 9.43. The maximum absolute atomic E-state index is 12.4. The minimum Gasteiger partial charge on any atom is -0.434 e. The van der Waals surface area contributed by atoms with Crippen LogP contribution in [0.3, 0.4) is 0 Å². The monoisotopic (exact) mass is 394 g/mol. The maximum atomic E-state index is 12.4. The zero-order valence-corrected chi connectivity index (χ0v) is 16.0. The fourth-order valence-corrected chi connectivity index (χ4v) is 3.54. The number of aromatic nitrogens is 3. The van der Waals surface area contributed by atoms with Gasteiger partial charge in [0, 0.05) is 14.1 Å². The van der Waals surface area contributed by atoms with Crippen molar-refractivity contribution in [2.24, 2.45) is 0 Å². The fraction of sp³-hybridized carbons (Fsp3) is 0.312. The third kappa shape index (κ3) is 3.15. The molecule has 0 aliphatic rings. The Hall–Kier alpha value is -2.92. The van der Waals surface area contributed by atoms with Gasteiger partial charge in [-0.2, -0.15) is 4.98 Å². The number of imidazole rings is 1. The van der Waals surface area contributed by atoms with Crippen LogP contribution in [-0.4, -0.2) is 53.9 Å². The predicted molar refractivity (Wildman–Crippen MR) is 96.6 cm³/mol. The lowest BCUT2D eigenvalue weighted by Crippen LogP contribution is -2.22. The van der Waals surface area contributed by atoms with Crippen LogP contribution in [0.1, 0.15) is 12.6 Å². The number of aromatic amines is 1. The van der Waals surface area contributed by atoms with Crippen molar-refractivity contribution < 1.29 is 22.7 Å². The van der Waals surface area contributed by atoms with Crippen molar-refractivity contribution in [3.63, 3.8) is 0 Å². The molecule has 3 rings (SSSR count). The molecule has 1 N–H and O–H groups in total. The molecule has 0 saturated carbocycles. The Morgan fingerprint density at radius 2 is 2.04 bits per heavy atom. The number of carbonyl (C=O) groups is 1. The van der Waals surface area contributed by atoms with Gasteiger partial charge in [0.15, 0.2) is 0 Å². The first-order valence-electron chi connectivity index (χ1n) is 7.99. The molecule has 0 fully saturated rings. The maximum Gasteiger partial charge on any atom is 0.515 e. The van der Waals surface area contributed by atoms with Crippen LogP contribution in [0.4, 0.5) is 4.79 Å². The third-order valence-electron chi connectivity index (χ3n) is 3.95. The van der Waals surface area contributed by atoms with Crippen LogP contribution < -0.4 is 10.3 Å². The Morgan fingerprint density at radius 3 is 2.67 bits per heavy atom. The smallest absolute Gasteiger partial charge is 0.434 e. The molecule has 0 aliphatic heterocycles. The molecule has 0 aliphatic carbocycles. The lowest BCUT2D eigenvalue weighted by atomic mass is 10.3. The minimum atomic E-state index is -3.66. The number of nitrogens with zero attached hydrogens (tertiary/aromatic N) is 3. The largest absolute Gasteiger partial charge is 0.515 e. The Bertz CT molecular complexity index is 1210. The summed E-state index contributed by atoms with van der Waals surface area (Å²) in [6.07, 6.45) is -0.927. The van der Waals surface area contributed by atoms with E-state index in [9.17, 15) is 18.0 Å². The standard InChI is InChI=1S/C16H18N4O6S/c1-5-25-16(22)26-15-9(2)20-12-7-6-10(27(23,24)19(3)4)8-11(12)17-14(21)13(20)18-15/h6-8H,5H2,1-4H3,(H,17,21). The molecule has 2 heterocycles. The molecule has 1 aromatic carbocycles. The van der Waals surface area contributed by atoms with Crippen LogP contribution in [0, 0.1) is 6.92 Å². The lowest BCUT2D eigenvalue weighted by Gasteiger charge is -2.12. The molecule has 0 spiro atoms. The number of benzene rings is 1. The fourth-order valence-electron chi connectivity index (χ4n) is 2.61. The number of aryl methyl sites for hydroxylation is 1. The van der Waals surface area contributed by atoms with Crippen molar-refractivity contribution in [3.05, 3.63) is 34.2 Å². The van der Waals surface area contributed by atoms with E-state index in [4.69, 9.17) is 9.47 Å². The summed E-state index contributed by atoms with van der Waals surface area (Å²) >= 11 is 0. The summed E-state index contributed by atoms with van der Waals surface area (Å²) < 4.78 is 37.0. The molecule has 2 aromatic heterocycles. The van der Waals surface area contributed by atoms with Gasteiger partial charge in [0.1, 0.15) is 0 Å². The Balaban J connectivity index is 2.23. The van der Waals surface area contributed by atoms with Gasteiger partial charge in [-0.25, -0.2) is 17.5 Å². The van der Waals surface area contributed by atoms with Crippen molar-refractivity contribution in [3.8, 4) is 5.88 Å². The molecule has 0 unspecified atom stereocenters. The summed E-state index contributed by atoms with van der Waals surface area (Å²) in [5.74, 6) is -0.0589. The minimum absolute atomic E-state index is 0.0162. The Kier molecular flexibility index (Phi) is 4.66. The number of ether oxygens (including phenoxy) is 2. The van der Waals surface area contributed by atoms with E-state index in [1.165, 1.54) is 30.6 Å². The zero-order chi connectivity index (χ0) is 19.9. The van der Waals surface area contributed by atoms with E-state index < -0.39 is 21.7 Å². The normalized spacial score (nSPS) is 12.0.